The molecule has 1 N–H and O–H groups in total. The molecule has 0 unspecified atom stereocenters. The largest absolute Gasteiger partial charge is 0.347 e. The molecule has 25 heavy (non-hydrogen) atoms. The maximum atomic E-state index is 12.4. The zero-order chi connectivity index (χ0) is 18.0. The van der Waals surface area contributed by atoms with Crippen LogP contribution in [0.25, 0.3) is 5.52 Å². The molecule has 3 rings (SSSR count). The molecule has 0 aliphatic heterocycles. The molecule has 0 saturated carbocycles. The maximum absolute atomic E-state index is 12.4. The molecule has 0 aromatic carbocycles. The number of hydrogen-bond acceptors (Lipinski definition) is 6. The Labute approximate surface area is 146 Å². The third-order valence-electron chi connectivity index (χ3n) is 3.63. The third kappa shape index (κ3) is 3.68. The minimum absolute atomic E-state index is 0.165. The molecule has 0 spiro atoms. The first kappa shape index (κ1) is 16.7. The van der Waals surface area contributed by atoms with Gasteiger partial charge in [0, 0.05) is 46.1 Å². The lowest BCUT2D eigenvalue weighted by atomic mass is 10.3. The smallest absolute Gasteiger partial charge is 0.253 e. The molecule has 0 radical (unpaired) electrons. The average Bonchev–Trinajstić information content (AvgIpc) is 3.03. The van der Waals surface area contributed by atoms with Gasteiger partial charge in [-0.05, 0) is 18.2 Å². The van der Waals surface area contributed by atoms with E-state index in [-0.39, 0.29) is 12.5 Å². The average molecular weight is 339 g/mol. The van der Waals surface area contributed by atoms with Crippen LogP contribution < -0.4 is 15.1 Å². The Morgan fingerprint density at radius 1 is 1.08 bits per heavy atom. The van der Waals surface area contributed by atoms with Crippen LogP contribution in [-0.4, -0.2) is 53.5 Å². The minimum Gasteiger partial charge on any atom is -0.347 e. The highest BCUT2D eigenvalue weighted by Crippen LogP contribution is 2.12. The molecule has 3 aromatic rings. The van der Waals surface area contributed by atoms with Crippen molar-refractivity contribution in [2.75, 3.05) is 38.0 Å². The highest BCUT2D eigenvalue weighted by atomic mass is 16.1. The molecule has 0 fully saturated rings. The molecule has 3 heterocycles. The number of nitrogens with zero attached hydrogens (tertiary/aromatic N) is 6. The quantitative estimate of drug-likeness (QED) is 0.752. The van der Waals surface area contributed by atoms with Crippen molar-refractivity contribution in [3.05, 3.63) is 48.0 Å². The number of fused-ring (bicyclic) bond motifs is 1. The maximum Gasteiger partial charge on any atom is 0.253 e. The van der Waals surface area contributed by atoms with E-state index in [0.717, 1.165) is 5.52 Å². The van der Waals surface area contributed by atoms with Gasteiger partial charge in [0.25, 0.3) is 5.91 Å². The highest BCUT2D eigenvalue weighted by Gasteiger charge is 2.12. The molecule has 0 bridgehead atoms. The predicted octanol–water partition coefficient (Wildman–Crippen LogP) is 1.19. The van der Waals surface area contributed by atoms with E-state index in [9.17, 15) is 4.79 Å². The normalized spacial score (nSPS) is 10.7. The number of amides is 1. The summed E-state index contributed by atoms with van der Waals surface area (Å²) in [6, 6.07) is 7.66. The van der Waals surface area contributed by atoms with Gasteiger partial charge in [0.1, 0.15) is 0 Å². The second-order valence-electron chi connectivity index (χ2n) is 6.08. The molecular weight excluding hydrogens is 318 g/mol. The fourth-order valence-electron chi connectivity index (χ4n) is 2.32. The predicted molar refractivity (Wildman–Crippen MR) is 97.0 cm³/mol. The van der Waals surface area contributed by atoms with Gasteiger partial charge in [-0.1, -0.05) is 6.07 Å². The van der Waals surface area contributed by atoms with Crippen molar-refractivity contribution in [2.24, 2.45) is 0 Å². The molecule has 0 aliphatic rings. The molecular formula is C17H21N7O. The zero-order valence-electron chi connectivity index (χ0n) is 14.8. The molecule has 3 aromatic heterocycles. The molecule has 0 aliphatic carbocycles. The van der Waals surface area contributed by atoms with Crippen molar-refractivity contribution in [3.8, 4) is 0 Å². The number of nitrogens with one attached hydrogen (secondary N) is 1. The second-order valence-corrected chi connectivity index (χ2v) is 6.08. The van der Waals surface area contributed by atoms with E-state index >= 15 is 0 Å². The number of carbonyl (C=O) groups is 1. The van der Waals surface area contributed by atoms with Crippen molar-refractivity contribution in [1.29, 1.82) is 0 Å². The summed E-state index contributed by atoms with van der Waals surface area (Å²) in [4.78, 5) is 29.1. The Bertz CT molecular complexity index is 842. The van der Waals surface area contributed by atoms with Crippen LogP contribution in [0.4, 0.5) is 11.9 Å². The van der Waals surface area contributed by atoms with E-state index < -0.39 is 0 Å². The highest BCUT2D eigenvalue weighted by molar-refractivity contribution is 5.95. The van der Waals surface area contributed by atoms with Crippen molar-refractivity contribution in [2.45, 2.75) is 6.54 Å². The fraction of sp³-hybridized carbons (Fsp3) is 0.294. The monoisotopic (exact) mass is 339 g/mol. The Morgan fingerprint density at radius 2 is 1.76 bits per heavy atom. The molecule has 0 atom stereocenters. The third-order valence-corrected chi connectivity index (χ3v) is 3.63. The van der Waals surface area contributed by atoms with Crippen LogP contribution in [0.5, 0.6) is 0 Å². The Morgan fingerprint density at radius 3 is 2.36 bits per heavy atom. The van der Waals surface area contributed by atoms with Gasteiger partial charge in [-0.3, -0.25) is 4.79 Å². The number of hydrogen-bond donors (Lipinski definition) is 1. The topological polar surface area (TPSA) is 78.7 Å². The van der Waals surface area contributed by atoms with Crippen LogP contribution in [0.2, 0.25) is 0 Å². The lowest BCUT2D eigenvalue weighted by Gasteiger charge is -2.16. The summed E-state index contributed by atoms with van der Waals surface area (Å²) in [7, 11) is 7.46. The first-order valence-electron chi connectivity index (χ1n) is 7.88. The van der Waals surface area contributed by atoms with Crippen LogP contribution >= 0.6 is 0 Å². The molecule has 8 heteroatoms. The van der Waals surface area contributed by atoms with Gasteiger partial charge in [-0.2, -0.15) is 15.0 Å². The summed E-state index contributed by atoms with van der Waals surface area (Å²) in [5.41, 5.74) is 1.57. The van der Waals surface area contributed by atoms with Crippen molar-refractivity contribution in [3.63, 3.8) is 0 Å². The van der Waals surface area contributed by atoms with E-state index in [0.29, 0.717) is 23.3 Å². The number of anilines is 2. The van der Waals surface area contributed by atoms with Gasteiger partial charge in [-0.15, -0.1) is 0 Å². The standard InChI is InChI=1S/C17H21N7O/c1-22(2)16-19-14(20-17(21-16)23(3)4)10-18-15(25)12-9-13-7-5-6-8-24(13)11-12/h5-9,11H,10H2,1-4H3,(H,18,25). The fourth-order valence-corrected chi connectivity index (χ4v) is 2.32. The van der Waals surface area contributed by atoms with Crippen LogP contribution in [0, 0.1) is 0 Å². The van der Waals surface area contributed by atoms with E-state index in [4.69, 9.17) is 0 Å². The van der Waals surface area contributed by atoms with Crippen LogP contribution in [0.15, 0.2) is 36.7 Å². The first-order chi connectivity index (χ1) is 11.9. The van der Waals surface area contributed by atoms with Gasteiger partial charge in [0.15, 0.2) is 5.82 Å². The summed E-state index contributed by atoms with van der Waals surface area (Å²) in [6.45, 7) is 0.231. The van der Waals surface area contributed by atoms with Crippen LogP contribution in [0.3, 0.4) is 0 Å². The number of carbonyl (C=O) groups excluding carboxylic acids is 1. The van der Waals surface area contributed by atoms with Gasteiger partial charge < -0.3 is 19.5 Å². The molecule has 130 valence electrons. The van der Waals surface area contributed by atoms with Crippen molar-refractivity contribution in [1.82, 2.24) is 24.7 Å². The second kappa shape index (κ2) is 6.76. The Hall–Kier alpha value is -3.16. The van der Waals surface area contributed by atoms with Gasteiger partial charge in [0.05, 0.1) is 12.1 Å². The van der Waals surface area contributed by atoms with E-state index in [2.05, 4.69) is 20.3 Å². The molecule has 1 amide bonds. The number of rotatable bonds is 5. The van der Waals surface area contributed by atoms with E-state index in [1.54, 1.807) is 16.0 Å². The molecule has 8 nitrogen and oxygen atoms in total. The number of aromatic nitrogens is 4. The zero-order valence-corrected chi connectivity index (χ0v) is 14.8. The summed E-state index contributed by atoms with van der Waals surface area (Å²) in [5.74, 6) is 1.46. The van der Waals surface area contributed by atoms with Gasteiger partial charge in [0.2, 0.25) is 11.9 Å². The van der Waals surface area contributed by atoms with E-state index in [1.807, 2.05) is 63.1 Å². The van der Waals surface area contributed by atoms with Crippen LogP contribution in [0.1, 0.15) is 16.2 Å². The van der Waals surface area contributed by atoms with Crippen molar-refractivity contribution < 1.29 is 4.79 Å². The minimum atomic E-state index is -0.165. The Balaban J connectivity index is 1.77. The van der Waals surface area contributed by atoms with Gasteiger partial charge in [-0.25, -0.2) is 0 Å². The van der Waals surface area contributed by atoms with Gasteiger partial charge >= 0.3 is 0 Å². The first-order valence-corrected chi connectivity index (χ1v) is 7.88. The lowest BCUT2D eigenvalue weighted by molar-refractivity contribution is 0.0950. The molecule has 0 saturated heterocycles. The summed E-state index contributed by atoms with van der Waals surface area (Å²) in [5, 5.41) is 2.87. The number of pyridine rings is 1. The van der Waals surface area contributed by atoms with Crippen molar-refractivity contribution >= 4 is 23.3 Å². The summed E-state index contributed by atoms with van der Waals surface area (Å²) < 4.78 is 1.91. The summed E-state index contributed by atoms with van der Waals surface area (Å²) in [6.07, 6.45) is 3.71. The van der Waals surface area contributed by atoms with E-state index in [1.165, 1.54) is 0 Å². The lowest BCUT2D eigenvalue weighted by Crippen LogP contribution is -2.26. The summed E-state index contributed by atoms with van der Waals surface area (Å²) >= 11 is 0. The Kier molecular flexibility index (Phi) is 4.51. The SMILES string of the molecule is CN(C)c1nc(CNC(=O)c2cc3ccccn3c2)nc(N(C)C)n1. The van der Waals surface area contributed by atoms with Crippen LogP contribution in [-0.2, 0) is 6.54 Å².